The zero-order chi connectivity index (χ0) is 15.4. The summed E-state index contributed by atoms with van der Waals surface area (Å²) in [6.07, 6.45) is 1.54. The molecule has 0 bridgehead atoms. The lowest BCUT2D eigenvalue weighted by Crippen LogP contribution is -2.04. The maximum atomic E-state index is 11.5. The van der Waals surface area contributed by atoms with E-state index in [0.29, 0.717) is 29.6 Å². The predicted molar refractivity (Wildman–Crippen MR) is 77.1 cm³/mol. The number of nitrogens with one attached hydrogen (secondary N) is 1. The van der Waals surface area contributed by atoms with Crippen LogP contribution in [0.15, 0.2) is 51.6 Å². The van der Waals surface area contributed by atoms with Gasteiger partial charge in [0, 0.05) is 5.69 Å². The number of anilines is 1. The number of hydrogen-bond acceptors (Lipinski definition) is 7. The molecule has 0 atom stereocenters. The summed E-state index contributed by atoms with van der Waals surface area (Å²) in [5.41, 5.74) is 1.22. The van der Waals surface area contributed by atoms with E-state index < -0.39 is 0 Å². The van der Waals surface area contributed by atoms with Crippen molar-refractivity contribution in [2.24, 2.45) is 0 Å². The molecule has 0 saturated heterocycles. The van der Waals surface area contributed by atoms with E-state index >= 15 is 0 Å². The Labute approximate surface area is 125 Å². The molecule has 0 spiro atoms. The number of esters is 1. The van der Waals surface area contributed by atoms with Crippen LogP contribution in [-0.4, -0.2) is 23.2 Å². The minimum Gasteiger partial charge on any atom is -0.465 e. The van der Waals surface area contributed by atoms with Gasteiger partial charge in [-0.1, -0.05) is 11.2 Å². The Hall–Kier alpha value is -3.09. The van der Waals surface area contributed by atoms with E-state index in [1.54, 1.807) is 36.6 Å². The molecule has 0 fully saturated rings. The first-order chi connectivity index (χ1) is 10.8. The average Bonchev–Trinajstić information content (AvgIpc) is 3.23. The van der Waals surface area contributed by atoms with Crippen LogP contribution < -0.4 is 5.32 Å². The highest BCUT2D eigenvalue weighted by Crippen LogP contribution is 2.17. The fourth-order valence-electron chi connectivity index (χ4n) is 1.88. The van der Waals surface area contributed by atoms with Gasteiger partial charge in [0.2, 0.25) is 11.7 Å². The maximum Gasteiger partial charge on any atom is 0.337 e. The third kappa shape index (κ3) is 2.98. The second-order valence-electron chi connectivity index (χ2n) is 4.41. The molecule has 0 saturated carbocycles. The van der Waals surface area contributed by atoms with Gasteiger partial charge < -0.3 is 19.0 Å². The first-order valence-electron chi connectivity index (χ1n) is 6.55. The number of methoxy groups -OCH3 is 1. The highest BCUT2D eigenvalue weighted by atomic mass is 16.5. The van der Waals surface area contributed by atoms with E-state index in [4.69, 9.17) is 8.94 Å². The van der Waals surface area contributed by atoms with Gasteiger partial charge in [-0.25, -0.2) is 4.79 Å². The SMILES string of the molecule is COC(=O)c1cccc(NCc2nc(-c3ccco3)no2)c1. The molecule has 112 valence electrons. The van der Waals surface area contributed by atoms with Crippen molar-refractivity contribution in [2.45, 2.75) is 6.54 Å². The van der Waals surface area contributed by atoms with E-state index in [0.717, 1.165) is 5.69 Å². The zero-order valence-corrected chi connectivity index (χ0v) is 11.8. The van der Waals surface area contributed by atoms with Crippen LogP contribution >= 0.6 is 0 Å². The van der Waals surface area contributed by atoms with Crippen LogP contribution in [0.4, 0.5) is 5.69 Å². The van der Waals surface area contributed by atoms with Gasteiger partial charge in [-0.15, -0.1) is 0 Å². The maximum absolute atomic E-state index is 11.5. The summed E-state index contributed by atoms with van der Waals surface area (Å²) in [4.78, 5) is 15.7. The minimum absolute atomic E-state index is 0.332. The summed E-state index contributed by atoms with van der Waals surface area (Å²) in [7, 11) is 1.34. The van der Waals surface area contributed by atoms with Crippen LogP contribution in [-0.2, 0) is 11.3 Å². The smallest absolute Gasteiger partial charge is 0.337 e. The number of ether oxygens (including phenoxy) is 1. The molecule has 7 heteroatoms. The van der Waals surface area contributed by atoms with Crippen LogP contribution in [0, 0.1) is 0 Å². The Balaban J connectivity index is 1.67. The molecule has 2 aromatic heterocycles. The summed E-state index contributed by atoms with van der Waals surface area (Å²) in [5.74, 6) is 0.962. The highest BCUT2D eigenvalue weighted by Gasteiger charge is 2.11. The molecule has 0 unspecified atom stereocenters. The molecule has 3 aromatic rings. The number of nitrogens with zero attached hydrogens (tertiary/aromatic N) is 2. The Bertz CT molecular complexity index is 765. The second-order valence-corrected chi connectivity index (χ2v) is 4.41. The molecule has 1 aromatic carbocycles. The lowest BCUT2D eigenvalue weighted by atomic mass is 10.2. The van der Waals surface area contributed by atoms with Gasteiger partial charge in [-0.2, -0.15) is 4.98 Å². The molecule has 0 aliphatic rings. The molecule has 3 rings (SSSR count). The number of aromatic nitrogens is 2. The lowest BCUT2D eigenvalue weighted by molar-refractivity contribution is 0.0601. The van der Waals surface area contributed by atoms with Gasteiger partial charge in [0.05, 0.1) is 25.5 Å². The first-order valence-corrected chi connectivity index (χ1v) is 6.55. The molecule has 7 nitrogen and oxygen atoms in total. The number of furan rings is 1. The van der Waals surface area contributed by atoms with Crippen LogP contribution in [0.25, 0.3) is 11.6 Å². The molecule has 2 heterocycles. The number of rotatable bonds is 5. The summed E-state index contributed by atoms with van der Waals surface area (Å²) in [6.45, 7) is 0.332. The standard InChI is InChI=1S/C15H13N3O4/c1-20-15(19)10-4-2-5-11(8-10)16-9-13-17-14(18-22-13)12-6-3-7-21-12/h2-8,16H,9H2,1H3. The zero-order valence-electron chi connectivity index (χ0n) is 11.8. The summed E-state index contributed by atoms with van der Waals surface area (Å²) >= 11 is 0. The van der Waals surface area contributed by atoms with Gasteiger partial charge in [-0.3, -0.25) is 0 Å². The van der Waals surface area contributed by atoms with Gasteiger partial charge in [-0.05, 0) is 30.3 Å². The highest BCUT2D eigenvalue weighted by molar-refractivity contribution is 5.90. The molecule has 0 radical (unpaired) electrons. The second kappa shape index (κ2) is 6.13. The van der Waals surface area contributed by atoms with Gasteiger partial charge in [0.25, 0.3) is 0 Å². The number of benzene rings is 1. The predicted octanol–water partition coefficient (Wildman–Crippen LogP) is 2.73. The van der Waals surface area contributed by atoms with Crippen molar-refractivity contribution in [1.82, 2.24) is 10.1 Å². The Morgan fingerprint density at radius 3 is 3.00 bits per heavy atom. The van der Waals surface area contributed by atoms with E-state index in [9.17, 15) is 4.79 Å². The molecule has 22 heavy (non-hydrogen) atoms. The van der Waals surface area contributed by atoms with E-state index in [1.807, 2.05) is 6.07 Å². The monoisotopic (exact) mass is 299 g/mol. The topological polar surface area (TPSA) is 90.4 Å². The average molecular weight is 299 g/mol. The molecule has 0 aliphatic carbocycles. The quantitative estimate of drug-likeness (QED) is 0.724. The molecule has 0 aliphatic heterocycles. The minimum atomic E-state index is -0.387. The van der Waals surface area contributed by atoms with Crippen molar-refractivity contribution in [3.8, 4) is 11.6 Å². The van der Waals surface area contributed by atoms with Crippen molar-refractivity contribution in [3.63, 3.8) is 0 Å². The van der Waals surface area contributed by atoms with Crippen molar-refractivity contribution >= 4 is 11.7 Å². The van der Waals surface area contributed by atoms with Gasteiger partial charge >= 0.3 is 5.97 Å². The van der Waals surface area contributed by atoms with Crippen molar-refractivity contribution in [3.05, 3.63) is 54.1 Å². The van der Waals surface area contributed by atoms with Gasteiger partial charge in [0.1, 0.15) is 0 Å². The third-order valence-electron chi connectivity index (χ3n) is 2.94. The Morgan fingerprint density at radius 2 is 2.23 bits per heavy atom. The molecular weight excluding hydrogens is 286 g/mol. The number of carbonyl (C=O) groups is 1. The normalized spacial score (nSPS) is 10.4. The van der Waals surface area contributed by atoms with Crippen molar-refractivity contribution in [1.29, 1.82) is 0 Å². The summed E-state index contributed by atoms with van der Waals surface area (Å²) in [5, 5.41) is 6.94. The van der Waals surface area contributed by atoms with Crippen LogP contribution in [0.2, 0.25) is 0 Å². The Kier molecular flexibility index (Phi) is 3.86. The Morgan fingerprint density at radius 1 is 1.32 bits per heavy atom. The van der Waals surface area contributed by atoms with Crippen LogP contribution in [0.1, 0.15) is 16.2 Å². The molecule has 0 amide bonds. The summed E-state index contributed by atoms with van der Waals surface area (Å²) in [6, 6.07) is 10.5. The fourth-order valence-corrected chi connectivity index (χ4v) is 1.88. The largest absolute Gasteiger partial charge is 0.465 e. The summed E-state index contributed by atoms with van der Waals surface area (Å²) < 4.78 is 15.0. The van der Waals surface area contributed by atoms with E-state index in [1.165, 1.54) is 7.11 Å². The van der Waals surface area contributed by atoms with Crippen LogP contribution in [0.5, 0.6) is 0 Å². The number of carbonyl (C=O) groups excluding carboxylic acids is 1. The third-order valence-corrected chi connectivity index (χ3v) is 2.94. The fraction of sp³-hybridized carbons (Fsp3) is 0.133. The van der Waals surface area contributed by atoms with Crippen molar-refractivity contribution in [2.75, 3.05) is 12.4 Å². The van der Waals surface area contributed by atoms with Crippen LogP contribution in [0.3, 0.4) is 0 Å². The van der Waals surface area contributed by atoms with E-state index in [2.05, 4.69) is 20.2 Å². The first kappa shape index (κ1) is 13.9. The van der Waals surface area contributed by atoms with Gasteiger partial charge in [0.15, 0.2) is 5.76 Å². The number of hydrogen-bond donors (Lipinski definition) is 1. The van der Waals surface area contributed by atoms with E-state index in [-0.39, 0.29) is 5.97 Å². The molecular formula is C15H13N3O4. The lowest BCUT2D eigenvalue weighted by Gasteiger charge is -2.05. The van der Waals surface area contributed by atoms with Crippen molar-refractivity contribution < 1.29 is 18.5 Å². The molecule has 1 N–H and O–H groups in total.